The van der Waals surface area contributed by atoms with Gasteiger partial charge in [-0.1, -0.05) is 0 Å². The van der Waals surface area contributed by atoms with Crippen molar-refractivity contribution >= 4 is 21.6 Å². The first-order valence-corrected chi connectivity index (χ1v) is 8.11. The smallest absolute Gasteiger partial charge is 0.241 e. The second-order valence-electron chi connectivity index (χ2n) is 6.11. The molecule has 4 N–H and O–H groups in total. The van der Waals surface area contributed by atoms with Crippen molar-refractivity contribution < 1.29 is 13.2 Å². The van der Waals surface area contributed by atoms with Crippen LogP contribution < -0.4 is 15.8 Å². The number of carbonyl (C=O) groups excluding carboxylic acids is 1. The molecule has 118 valence electrons. The number of rotatable bonds is 4. The lowest BCUT2D eigenvalue weighted by Gasteiger charge is -2.23. The second kappa shape index (κ2) is 6.03. The van der Waals surface area contributed by atoms with Crippen LogP contribution in [0.4, 0.5) is 5.69 Å². The molecule has 0 saturated carbocycles. The minimum absolute atomic E-state index is 0.118. The van der Waals surface area contributed by atoms with Crippen molar-refractivity contribution in [3.8, 4) is 0 Å². The minimum Gasteiger partial charge on any atom is -0.399 e. The molecule has 0 aliphatic carbocycles. The Hall–Kier alpha value is -1.60. The van der Waals surface area contributed by atoms with E-state index in [1.807, 2.05) is 20.8 Å². The molecule has 21 heavy (non-hydrogen) atoms. The molecule has 0 spiro atoms. The third kappa shape index (κ3) is 5.02. The fraction of sp³-hybridized carbons (Fsp3) is 0.500. The Bertz CT molecular complexity index is 633. The number of aryl methyl sites for hydroxylation is 1. The maximum atomic E-state index is 12.3. The average Bonchev–Trinajstić information content (AvgIpc) is 2.24. The largest absolute Gasteiger partial charge is 0.399 e. The summed E-state index contributed by atoms with van der Waals surface area (Å²) >= 11 is 0. The van der Waals surface area contributed by atoms with Gasteiger partial charge in [0.05, 0.1) is 10.9 Å². The molecule has 0 aliphatic heterocycles. The molecule has 1 rings (SSSR count). The topological polar surface area (TPSA) is 101 Å². The zero-order chi connectivity index (χ0) is 16.4. The zero-order valence-electron chi connectivity index (χ0n) is 13.0. The first kappa shape index (κ1) is 17.5. The lowest BCUT2D eigenvalue weighted by Crippen LogP contribution is -2.50. The fourth-order valence-electron chi connectivity index (χ4n) is 1.80. The second-order valence-corrected chi connectivity index (χ2v) is 7.79. The SMILES string of the molecule is Cc1cc(N)ccc1S(=O)(=O)NC(C)C(=O)NC(C)(C)C. The van der Waals surface area contributed by atoms with Gasteiger partial charge in [0.25, 0.3) is 0 Å². The highest BCUT2D eigenvalue weighted by Crippen LogP contribution is 2.18. The quantitative estimate of drug-likeness (QED) is 0.726. The van der Waals surface area contributed by atoms with Crippen LogP contribution in [0.3, 0.4) is 0 Å². The Labute approximate surface area is 126 Å². The van der Waals surface area contributed by atoms with Crippen LogP contribution in [0, 0.1) is 6.92 Å². The van der Waals surface area contributed by atoms with Gasteiger partial charge in [0.2, 0.25) is 15.9 Å². The maximum absolute atomic E-state index is 12.3. The minimum atomic E-state index is -3.77. The molecular weight excluding hydrogens is 290 g/mol. The third-order valence-electron chi connectivity index (χ3n) is 2.71. The molecule has 0 aromatic heterocycles. The molecule has 1 amide bonds. The molecule has 1 unspecified atom stereocenters. The first-order chi connectivity index (χ1) is 9.42. The number of amides is 1. The Kier molecular flexibility index (Phi) is 5.01. The van der Waals surface area contributed by atoms with Crippen LogP contribution in [0.1, 0.15) is 33.3 Å². The van der Waals surface area contributed by atoms with E-state index in [-0.39, 0.29) is 10.8 Å². The Balaban J connectivity index is 2.92. The standard InChI is InChI=1S/C14H23N3O3S/c1-9-8-11(15)6-7-12(9)21(19,20)17-10(2)13(18)16-14(3,4)5/h6-8,10,17H,15H2,1-5H3,(H,16,18). The van der Waals surface area contributed by atoms with Crippen molar-refractivity contribution in [3.05, 3.63) is 23.8 Å². The molecule has 7 heteroatoms. The number of anilines is 1. The first-order valence-electron chi connectivity index (χ1n) is 6.63. The highest BCUT2D eigenvalue weighted by molar-refractivity contribution is 7.89. The van der Waals surface area contributed by atoms with Crippen LogP contribution in [-0.2, 0) is 14.8 Å². The number of benzene rings is 1. The van der Waals surface area contributed by atoms with E-state index in [0.717, 1.165) is 0 Å². The van der Waals surface area contributed by atoms with E-state index < -0.39 is 21.6 Å². The van der Waals surface area contributed by atoms with Crippen LogP contribution in [0.5, 0.6) is 0 Å². The molecule has 0 saturated heterocycles. The van der Waals surface area contributed by atoms with Crippen LogP contribution in [0.15, 0.2) is 23.1 Å². The van der Waals surface area contributed by atoms with Crippen molar-refractivity contribution in [1.29, 1.82) is 0 Å². The number of sulfonamides is 1. The van der Waals surface area contributed by atoms with Crippen molar-refractivity contribution in [3.63, 3.8) is 0 Å². The monoisotopic (exact) mass is 313 g/mol. The van der Waals surface area contributed by atoms with Gasteiger partial charge in [0.1, 0.15) is 0 Å². The summed E-state index contributed by atoms with van der Waals surface area (Å²) in [6.45, 7) is 8.65. The molecule has 6 nitrogen and oxygen atoms in total. The van der Waals surface area contributed by atoms with Crippen molar-refractivity contribution in [1.82, 2.24) is 10.0 Å². The summed E-state index contributed by atoms with van der Waals surface area (Å²) in [5.41, 5.74) is 6.21. The van der Waals surface area contributed by atoms with Gasteiger partial charge in [-0.05, 0) is 58.4 Å². The number of hydrogen-bond acceptors (Lipinski definition) is 4. The molecule has 0 bridgehead atoms. The lowest BCUT2D eigenvalue weighted by atomic mass is 10.1. The highest BCUT2D eigenvalue weighted by Gasteiger charge is 2.25. The number of carbonyl (C=O) groups is 1. The fourth-order valence-corrected chi connectivity index (χ4v) is 3.23. The van der Waals surface area contributed by atoms with Gasteiger partial charge >= 0.3 is 0 Å². The van der Waals surface area contributed by atoms with E-state index in [1.165, 1.54) is 19.1 Å². The normalized spacial score (nSPS) is 13.8. The molecule has 1 aromatic carbocycles. The highest BCUT2D eigenvalue weighted by atomic mass is 32.2. The zero-order valence-corrected chi connectivity index (χ0v) is 13.8. The van der Waals surface area contributed by atoms with Crippen LogP contribution >= 0.6 is 0 Å². The summed E-state index contributed by atoms with van der Waals surface area (Å²) in [7, 11) is -3.77. The van der Waals surface area contributed by atoms with Crippen LogP contribution in [-0.4, -0.2) is 25.9 Å². The summed E-state index contributed by atoms with van der Waals surface area (Å²) in [4.78, 5) is 12.1. The van der Waals surface area contributed by atoms with Gasteiger partial charge < -0.3 is 11.1 Å². The molecule has 0 aliphatic rings. The molecule has 0 heterocycles. The van der Waals surface area contributed by atoms with Gasteiger partial charge in [-0.25, -0.2) is 8.42 Å². The molecule has 0 radical (unpaired) electrons. The summed E-state index contributed by atoms with van der Waals surface area (Å²) in [6.07, 6.45) is 0. The van der Waals surface area contributed by atoms with Gasteiger partial charge in [0.15, 0.2) is 0 Å². The third-order valence-corrected chi connectivity index (χ3v) is 4.41. The number of nitrogens with two attached hydrogens (primary N) is 1. The van der Waals surface area contributed by atoms with E-state index >= 15 is 0 Å². The van der Waals surface area contributed by atoms with Gasteiger partial charge in [-0.15, -0.1) is 0 Å². The number of nitrogens with one attached hydrogen (secondary N) is 2. The number of hydrogen-bond donors (Lipinski definition) is 3. The average molecular weight is 313 g/mol. The van der Waals surface area contributed by atoms with Gasteiger partial charge in [0, 0.05) is 11.2 Å². The van der Waals surface area contributed by atoms with E-state index in [9.17, 15) is 13.2 Å². The van der Waals surface area contributed by atoms with E-state index in [0.29, 0.717) is 11.3 Å². The Morgan fingerprint density at radius 1 is 1.29 bits per heavy atom. The van der Waals surface area contributed by atoms with Gasteiger partial charge in [-0.3, -0.25) is 4.79 Å². The predicted octanol–water partition coefficient (Wildman–Crippen LogP) is 1.16. The van der Waals surface area contributed by atoms with Crippen LogP contribution in [0.2, 0.25) is 0 Å². The molecule has 1 aromatic rings. The lowest BCUT2D eigenvalue weighted by molar-refractivity contribution is -0.123. The Morgan fingerprint density at radius 3 is 2.33 bits per heavy atom. The summed E-state index contributed by atoms with van der Waals surface area (Å²) in [5.74, 6) is -0.376. The molecular formula is C14H23N3O3S. The Morgan fingerprint density at radius 2 is 1.86 bits per heavy atom. The molecule has 0 fully saturated rings. The number of nitrogen functional groups attached to an aromatic ring is 1. The molecule has 1 atom stereocenters. The maximum Gasteiger partial charge on any atom is 0.241 e. The van der Waals surface area contributed by atoms with E-state index in [1.54, 1.807) is 13.0 Å². The van der Waals surface area contributed by atoms with Crippen LogP contribution in [0.25, 0.3) is 0 Å². The van der Waals surface area contributed by atoms with Crippen molar-refractivity contribution in [2.24, 2.45) is 0 Å². The van der Waals surface area contributed by atoms with E-state index in [2.05, 4.69) is 10.0 Å². The van der Waals surface area contributed by atoms with Gasteiger partial charge in [-0.2, -0.15) is 4.72 Å². The summed E-state index contributed by atoms with van der Waals surface area (Å²) in [5, 5.41) is 2.73. The van der Waals surface area contributed by atoms with Crippen molar-refractivity contribution in [2.45, 2.75) is 51.1 Å². The van der Waals surface area contributed by atoms with E-state index in [4.69, 9.17) is 5.73 Å². The van der Waals surface area contributed by atoms with Crippen molar-refractivity contribution in [2.75, 3.05) is 5.73 Å². The predicted molar refractivity (Wildman–Crippen MR) is 83.3 cm³/mol. The summed E-state index contributed by atoms with van der Waals surface area (Å²) < 4.78 is 27.0. The summed E-state index contributed by atoms with van der Waals surface area (Å²) in [6, 6.07) is 3.66.